The van der Waals surface area contributed by atoms with Gasteiger partial charge >= 0.3 is 0 Å². The van der Waals surface area contributed by atoms with Gasteiger partial charge in [0.25, 0.3) is 0 Å². The van der Waals surface area contributed by atoms with Crippen molar-refractivity contribution in [3.63, 3.8) is 0 Å². The third-order valence-corrected chi connectivity index (χ3v) is 3.67. The number of pyridine rings is 1. The molecule has 0 saturated heterocycles. The number of halogens is 2. The maximum absolute atomic E-state index is 13.5. The van der Waals surface area contributed by atoms with Gasteiger partial charge in [0.15, 0.2) is 0 Å². The Morgan fingerprint density at radius 2 is 2.06 bits per heavy atom. The van der Waals surface area contributed by atoms with Crippen molar-refractivity contribution < 1.29 is 4.39 Å². The fourth-order valence-electron chi connectivity index (χ4n) is 1.91. The molecule has 90 valence electrons. The number of hydrogen-bond donors (Lipinski definition) is 1. The minimum absolute atomic E-state index is 0.217. The van der Waals surface area contributed by atoms with E-state index in [9.17, 15) is 4.39 Å². The Balaban J connectivity index is 2.87. The van der Waals surface area contributed by atoms with E-state index in [0.717, 1.165) is 38.0 Å². The van der Waals surface area contributed by atoms with Crippen LogP contribution in [-0.4, -0.2) is 11.5 Å². The fraction of sp³-hybridized carbons (Fsp3) is 0.308. The molecule has 0 spiro atoms. The van der Waals surface area contributed by atoms with E-state index < -0.39 is 0 Å². The second-order valence-corrected chi connectivity index (χ2v) is 5.17. The summed E-state index contributed by atoms with van der Waals surface area (Å²) >= 11 is 2.13. The van der Waals surface area contributed by atoms with E-state index in [0.29, 0.717) is 0 Å². The lowest BCUT2D eigenvalue weighted by Gasteiger charge is -2.14. The number of nitrogens with one attached hydrogen (secondary N) is 1. The maximum atomic E-state index is 13.5. The third-order valence-electron chi connectivity index (χ3n) is 2.85. The number of aromatic nitrogens is 1. The second-order valence-electron chi connectivity index (χ2n) is 4.01. The molecule has 0 aliphatic carbocycles. The lowest BCUT2D eigenvalue weighted by molar-refractivity contribution is 0.628. The molecular formula is C13H14FIN2. The summed E-state index contributed by atoms with van der Waals surface area (Å²) < 4.78 is 14.3. The Bertz CT molecular complexity index is 581. The highest BCUT2D eigenvalue weighted by atomic mass is 127. The molecule has 0 aliphatic rings. The molecule has 17 heavy (non-hydrogen) atoms. The van der Waals surface area contributed by atoms with Gasteiger partial charge in [-0.25, -0.2) is 4.39 Å². The highest BCUT2D eigenvalue weighted by Gasteiger charge is 2.12. The number of hydrogen-bond acceptors (Lipinski definition) is 2. The molecular weight excluding hydrogens is 330 g/mol. The molecule has 1 heterocycles. The molecule has 0 saturated carbocycles. The van der Waals surface area contributed by atoms with E-state index >= 15 is 0 Å². The highest BCUT2D eigenvalue weighted by Crippen LogP contribution is 2.31. The van der Waals surface area contributed by atoms with Crippen LogP contribution >= 0.6 is 22.6 Å². The quantitative estimate of drug-likeness (QED) is 0.833. The van der Waals surface area contributed by atoms with Gasteiger partial charge in [-0.1, -0.05) is 0 Å². The standard InChI is InChI=1S/C13H14FIN2/c1-4-16-12-7(2)8(3)17-13-10(12)5-9(14)6-11(13)15/h5-6H,4H2,1-3H3,(H,16,17). The number of aryl methyl sites for hydroxylation is 1. The molecule has 1 aromatic heterocycles. The molecule has 1 aromatic carbocycles. The van der Waals surface area contributed by atoms with Crippen LogP contribution in [0.4, 0.5) is 10.1 Å². The average molecular weight is 344 g/mol. The molecule has 0 fully saturated rings. The summed E-state index contributed by atoms with van der Waals surface area (Å²) in [5.41, 5.74) is 3.93. The Labute approximate surface area is 114 Å². The molecule has 0 atom stereocenters. The summed E-state index contributed by atoms with van der Waals surface area (Å²) in [6.07, 6.45) is 0. The molecule has 2 nitrogen and oxygen atoms in total. The van der Waals surface area contributed by atoms with Crippen molar-refractivity contribution in [2.45, 2.75) is 20.8 Å². The summed E-state index contributed by atoms with van der Waals surface area (Å²) in [6, 6.07) is 3.06. The van der Waals surface area contributed by atoms with Crippen molar-refractivity contribution >= 4 is 39.2 Å². The Hall–Kier alpha value is -0.910. The van der Waals surface area contributed by atoms with Gasteiger partial charge in [0, 0.05) is 26.9 Å². The zero-order valence-electron chi connectivity index (χ0n) is 10.1. The Kier molecular flexibility index (Phi) is 3.51. The number of benzene rings is 1. The second kappa shape index (κ2) is 4.76. The van der Waals surface area contributed by atoms with Crippen LogP contribution in [0.15, 0.2) is 12.1 Å². The van der Waals surface area contributed by atoms with Gasteiger partial charge in [-0.15, -0.1) is 0 Å². The van der Waals surface area contributed by atoms with E-state index in [1.54, 1.807) is 6.07 Å². The lowest BCUT2D eigenvalue weighted by atomic mass is 10.1. The van der Waals surface area contributed by atoms with Crippen LogP contribution in [0.1, 0.15) is 18.2 Å². The molecule has 0 aliphatic heterocycles. The molecule has 0 amide bonds. The monoisotopic (exact) mass is 344 g/mol. The molecule has 0 radical (unpaired) electrons. The van der Waals surface area contributed by atoms with Crippen molar-refractivity contribution in [1.29, 1.82) is 0 Å². The normalized spacial score (nSPS) is 10.9. The molecule has 4 heteroatoms. The first-order valence-electron chi connectivity index (χ1n) is 5.54. The highest BCUT2D eigenvalue weighted by molar-refractivity contribution is 14.1. The first-order chi connectivity index (χ1) is 8.04. The molecule has 1 N–H and O–H groups in total. The first kappa shape index (κ1) is 12.5. The minimum Gasteiger partial charge on any atom is -0.385 e. The van der Waals surface area contributed by atoms with Gasteiger partial charge in [0.05, 0.1) is 5.52 Å². The van der Waals surface area contributed by atoms with Crippen LogP contribution in [0.2, 0.25) is 0 Å². The SMILES string of the molecule is CCNc1c(C)c(C)nc2c(I)cc(F)cc12. The first-order valence-corrected chi connectivity index (χ1v) is 6.62. The topological polar surface area (TPSA) is 24.9 Å². The predicted octanol–water partition coefficient (Wildman–Crippen LogP) is 4.03. The molecule has 2 rings (SSSR count). The van der Waals surface area contributed by atoms with Gasteiger partial charge in [-0.05, 0) is 61.1 Å². The fourth-order valence-corrected chi connectivity index (χ4v) is 2.62. The van der Waals surface area contributed by atoms with Gasteiger partial charge in [-0.2, -0.15) is 0 Å². The minimum atomic E-state index is -0.217. The number of nitrogens with zero attached hydrogens (tertiary/aromatic N) is 1. The van der Waals surface area contributed by atoms with E-state index in [2.05, 4.69) is 32.9 Å². The van der Waals surface area contributed by atoms with Crippen LogP contribution in [0.5, 0.6) is 0 Å². The van der Waals surface area contributed by atoms with Crippen LogP contribution in [0.25, 0.3) is 10.9 Å². The van der Waals surface area contributed by atoms with Crippen LogP contribution in [0, 0.1) is 23.2 Å². The smallest absolute Gasteiger partial charge is 0.125 e. The Morgan fingerprint density at radius 3 is 2.71 bits per heavy atom. The van der Waals surface area contributed by atoms with Crippen molar-refractivity contribution in [2.75, 3.05) is 11.9 Å². The van der Waals surface area contributed by atoms with E-state index in [-0.39, 0.29) is 5.82 Å². The van der Waals surface area contributed by atoms with Gasteiger partial charge in [0.2, 0.25) is 0 Å². The summed E-state index contributed by atoms with van der Waals surface area (Å²) in [5, 5.41) is 4.16. The largest absolute Gasteiger partial charge is 0.385 e. The van der Waals surface area contributed by atoms with Crippen molar-refractivity contribution in [3.8, 4) is 0 Å². The molecule has 0 bridgehead atoms. The molecule has 2 aromatic rings. The van der Waals surface area contributed by atoms with E-state index in [1.165, 1.54) is 6.07 Å². The van der Waals surface area contributed by atoms with Crippen LogP contribution in [0.3, 0.4) is 0 Å². The summed E-state index contributed by atoms with van der Waals surface area (Å²) in [4.78, 5) is 4.54. The molecule has 0 unspecified atom stereocenters. The van der Waals surface area contributed by atoms with Gasteiger partial charge < -0.3 is 5.32 Å². The van der Waals surface area contributed by atoms with E-state index in [4.69, 9.17) is 0 Å². The van der Waals surface area contributed by atoms with Crippen molar-refractivity contribution in [3.05, 3.63) is 32.8 Å². The number of fused-ring (bicyclic) bond motifs is 1. The number of anilines is 1. The predicted molar refractivity (Wildman–Crippen MR) is 78.1 cm³/mol. The van der Waals surface area contributed by atoms with Gasteiger partial charge in [-0.3, -0.25) is 4.98 Å². The van der Waals surface area contributed by atoms with Crippen molar-refractivity contribution in [2.24, 2.45) is 0 Å². The third kappa shape index (κ3) is 2.22. The zero-order chi connectivity index (χ0) is 12.6. The number of rotatable bonds is 2. The Morgan fingerprint density at radius 1 is 1.35 bits per heavy atom. The maximum Gasteiger partial charge on any atom is 0.125 e. The summed E-state index contributed by atoms with van der Waals surface area (Å²) in [5.74, 6) is -0.217. The van der Waals surface area contributed by atoms with Crippen LogP contribution in [-0.2, 0) is 0 Å². The van der Waals surface area contributed by atoms with E-state index in [1.807, 2.05) is 20.8 Å². The summed E-state index contributed by atoms with van der Waals surface area (Å²) in [7, 11) is 0. The van der Waals surface area contributed by atoms with Gasteiger partial charge in [0.1, 0.15) is 5.82 Å². The zero-order valence-corrected chi connectivity index (χ0v) is 12.2. The average Bonchev–Trinajstić information content (AvgIpc) is 2.26. The van der Waals surface area contributed by atoms with Crippen LogP contribution < -0.4 is 5.32 Å². The summed E-state index contributed by atoms with van der Waals surface area (Å²) in [6.45, 7) is 6.84. The van der Waals surface area contributed by atoms with Crippen molar-refractivity contribution in [1.82, 2.24) is 4.98 Å². The lowest BCUT2D eigenvalue weighted by Crippen LogP contribution is -2.04.